The van der Waals surface area contributed by atoms with E-state index in [1.165, 1.54) is 13.2 Å². The van der Waals surface area contributed by atoms with Gasteiger partial charge in [-0.3, -0.25) is 4.68 Å². The molecular formula is C23H31FN2O9. The normalized spacial score (nSPS) is 25.4. The molecule has 1 aliphatic heterocycles. The number of aliphatic hydroxyl groups excluding tert-OH is 4. The standard InChI is InChI=1S/C23H31FN2O9/c1-10(2)26-11(3)14(8-12-6-7-13(32-4)9-15(12)24)21(25-26)35-23-18(29)16(27)17(28)20(34-23)19(30)22(31)33-5/h6-7,9-10,16-20,23,27-30H,8H2,1-5H3/t16-,17-,18+,19?,20-,23-/m0/s1. The van der Waals surface area contributed by atoms with Crippen molar-refractivity contribution in [1.29, 1.82) is 0 Å². The van der Waals surface area contributed by atoms with Gasteiger partial charge in [0, 0.05) is 29.8 Å². The number of aliphatic hydroxyl groups is 4. The van der Waals surface area contributed by atoms with E-state index in [1.54, 1.807) is 23.7 Å². The van der Waals surface area contributed by atoms with E-state index in [1.807, 2.05) is 13.8 Å². The van der Waals surface area contributed by atoms with E-state index in [0.29, 0.717) is 22.6 Å². The Kier molecular flexibility index (Phi) is 8.34. The molecule has 1 aromatic heterocycles. The van der Waals surface area contributed by atoms with Crippen molar-refractivity contribution in [3.05, 3.63) is 40.8 Å². The summed E-state index contributed by atoms with van der Waals surface area (Å²) in [5, 5.41) is 45.6. The topological polar surface area (TPSA) is 153 Å². The van der Waals surface area contributed by atoms with E-state index >= 15 is 0 Å². The molecule has 1 unspecified atom stereocenters. The number of hydrogen-bond donors (Lipinski definition) is 4. The van der Waals surface area contributed by atoms with Crippen LogP contribution in [0.1, 0.15) is 36.7 Å². The van der Waals surface area contributed by atoms with Crippen molar-refractivity contribution in [1.82, 2.24) is 9.78 Å². The zero-order chi connectivity index (χ0) is 26.0. The zero-order valence-corrected chi connectivity index (χ0v) is 20.1. The summed E-state index contributed by atoms with van der Waals surface area (Å²) in [5.74, 6) is -1.25. The van der Waals surface area contributed by atoms with Gasteiger partial charge in [-0.15, -0.1) is 5.10 Å². The third-order valence-electron chi connectivity index (χ3n) is 5.94. The number of aromatic nitrogens is 2. The first-order valence-corrected chi connectivity index (χ1v) is 11.0. The highest BCUT2D eigenvalue weighted by Gasteiger charge is 2.50. The molecule has 1 aliphatic rings. The molecule has 35 heavy (non-hydrogen) atoms. The van der Waals surface area contributed by atoms with Gasteiger partial charge < -0.3 is 39.4 Å². The van der Waals surface area contributed by atoms with Crippen molar-refractivity contribution < 1.29 is 48.6 Å². The van der Waals surface area contributed by atoms with Crippen LogP contribution in [0.5, 0.6) is 11.6 Å². The number of carbonyl (C=O) groups excluding carboxylic acids is 1. The molecule has 12 heteroatoms. The van der Waals surface area contributed by atoms with Crippen LogP contribution in [0.2, 0.25) is 0 Å². The molecule has 3 rings (SSSR count). The van der Waals surface area contributed by atoms with E-state index in [4.69, 9.17) is 14.2 Å². The number of esters is 1. The minimum atomic E-state index is -1.95. The molecule has 4 N–H and O–H groups in total. The lowest BCUT2D eigenvalue weighted by atomic mass is 9.95. The SMILES string of the molecule is COC(=O)C(O)[C@H]1O[C@@H](Oc2nn(C(C)C)c(C)c2Cc2ccc(OC)cc2F)[C@H](O)[C@@H](O)[C@@H]1O. The molecule has 0 amide bonds. The second-order valence-corrected chi connectivity index (χ2v) is 8.57. The van der Waals surface area contributed by atoms with E-state index < -0.39 is 48.6 Å². The van der Waals surface area contributed by atoms with E-state index in [2.05, 4.69) is 9.84 Å². The van der Waals surface area contributed by atoms with E-state index in [-0.39, 0.29) is 18.3 Å². The Balaban J connectivity index is 1.95. The molecule has 2 heterocycles. The molecule has 11 nitrogen and oxygen atoms in total. The summed E-state index contributed by atoms with van der Waals surface area (Å²) in [4.78, 5) is 11.8. The summed E-state index contributed by atoms with van der Waals surface area (Å²) >= 11 is 0. The van der Waals surface area contributed by atoms with Gasteiger partial charge in [0.1, 0.15) is 36.0 Å². The molecule has 1 saturated heterocycles. The molecule has 0 saturated carbocycles. The maximum Gasteiger partial charge on any atom is 0.337 e. The lowest BCUT2D eigenvalue weighted by Gasteiger charge is -2.40. The van der Waals surface area contributed by atoms with Gasteiger partial charge in [-0.1, -0.05) is 6.07 Å². The summed E-state index contributed by atoms with van der Waals surface area (Å²) < 4.78 is 37.1. The van der Waals surface area contributed by atoms with Crippen LogP contribution in [0.25, 0.3) is 0 Å². The van der Waals surface area contributed by atoms with Gasteiger partial charge in [0.25, 0.3) is 0 Å². The molecule has 194 valence electrons. The van der Waals surface area contributed by atoms with E-state index in [9.17, 15) is 29.6 Å². The summed E-state index contributed by atoms with van der Waals surface area (Å²) in [7, 11) is 2.47. The quantitative estimate of drug-likeness (QED) is 0.372. The van der Waals surface area contributed by atoms with Gasteiger partial charge in [-0.05, 0) is 32.4 Å². The highest BCUT2D eigenvalue weighted by molar-refractivity contribution is 5.75. The minimum absolute atomic E-state index is 0.00892. The first kappa shape index (κ1) is 26.8. The van der Waals surface area contributed by atoms with Crippen LogP contribution in [0, 0.1) is 12.7 Å². The number of nitrogens with zero attached hydrogens (tertiary/aromatic N) is 2. The van der Waals surface area contributed by atoms with E-state index in [0.717, 1.165) is 7.11 Å². The van der Waals surface area contributed by atoms with Crippen LogP contribution in [0.15, 0.2) is 18.2 Å². The Morgan fingerprint density at radius 2 is 1.89 bits per heavy atom. The summed E-state index contributed by atoms with van der Waals surface area (Å²) in [5.41, 5.74) is 1.49. The van der Waals surface area contributed by atoms with Gasteiger partial charge in [0.2, 0.25) is 12.2 Å². The Labute approximate surface area is 201 Å². The second-order valence-electron chi connectivity index (χ2n) is 8.57. The van der Waals surface area contributed by atoms with Crippen molar-refractivity contribution in [2.24, 2.45) is 0 Å². The van der Waals surface area contributed by atoms with Crippen molar-refractivity contribution in [2.45, 2.75) is 70.0 Å². The van der Waals surface area contributed by atoms with Gasteiger partial charge >= 0.3 is 5.97 Å². The van der Waals surface area contributed by atoms with Crippen molar-refractivity contribution in [2.75, 3.05) is 14.2 Å². The number of ether oxygens (including phenoxy) is 4. The highest BCUT2D eigenvalue weighted by atomic mass is 19.1. The largest absolute Gasteiger partial charge is 0.497 e. The van der Waals surface area contributed by atoms with Gasteiger partial charge in [0.15, 0.2) is 6.10 Å². The van der Waals surface area contributed by atoms with Crippen LogP contribution in [0.3, 0.4) is 0 Å². The molecule has 1 fully saturated rings. The second kappa shape index (κ2) is 10.9. The number of benzene rings is 1. The van der Waals surface area contributed by atoms with Crippen molar-refractivity contribution in [3.63, 3.8) is 0 Å². The Bertz CT molecular complexity index is 1040. The monoisotopic (exact) mass is 498 g/mol. The predicted octanol–water partition coefficient (Wildman–Crippen LogP) is 0.231. The van der Waals surface area contributed by atoms with Crippen LogP contribution < -0.4 is 9.47 Å². The van der Waals surface area contributed by atoms with Crippen LogP contribution in [-0.2, 0) is 20.7 Å². The summed E-state index contributed by atoms with van der Waals surface area (Å²) in [6, 6.07) is 4.35. The Morgan fingerprint density at radius 1 is 1.20 bits per heavy atom. The lowest BCUT2D eigenvalue weighted by molar-refractivity contribution is -0.288. The fraction of sp³-hybridized carbons (Fsp3) is 0.565. The molecule has 0 spiro atoms. The third-order valence-corrected chi connectivity index (χ3v) is 5.94. The molecule has 1 aromatic carbocycles. The fourth-order valence-corrected chi connectivity index (χ4v) is 3.91. The maximum absolute atomic E-state index is 14.7. The van der Waals surface area contributed by atoms with Crippen LogP contribution >= 0.6 is 0 Å². The molecular weight excluding hydrogens is 467 g/mol. The smallest absolute Gasteiger partial charge is 0.337 e. The molecule has 6 atom stereocenters. The minimum Gasteiger partial charge on any atom is -0.497 e. The lowest BCUT2D eigenvalue weighted by Crippen LogP contribution is -2.63. The van der Waals surface area contributed by atoms with Gasteiger partial charge in [-0.2, -0.15) is 0 Å². The van der Waals surface area contributed by atoms with Crippen LogP contribution in [0.4, 0.5) is 4.39 Å². The zero-order valence-electron chi connectivity index (χ0n) is 20.1. The third kappa shape index (κ3) is 5.41. The number of hydrogen-bond acceptors (Lipinski definition) is 10. The Hall–Kier alpha value is -2.77. The number of rotatable bonds is 8. The number of halogens is 1. The summed E-state index contributed by atoms with van der Waals surface area (Å²) in [6.45, 7) is 5.55. The van der Waals surface area contributed by atoms with Crippen LogP contribution in [-0.4, -0.2) is 87.2 Å². The predicted molar refractivity (Wildman–Crippen MR) is 118 cm³/mol. The highest BCUT2D eigenvalue weighted by Crippen LogP contribution is 2.32. The number of methoxy groups -OCH3 is 2. The fourth-order valence-electron chi connectivity index (χ4n) is 3.91. The first-order valence-electron chi connectivity index (χ1n) is 11.0. The average Bonchev–Trinajstić information content (AvgIpc) is 3.14. The number of carbonyl (C=O) groups is 1. The molecule has 0 radical (unpaired) electrons. The van der Waals surface area contributed by atoms with Gasteiger partial charge in [-0.25, -0.2) is 9.18 Å². The Morgan fingerprint density at radius 3 is 2.46 bits per heavy atom. The maximum atomic E-state index is 14.7. The molecule has 0 bridgehead atoms. The van der Waals surface area contributed by atoms with Crippen molar-refractivity contribution in [3.8, 4) is 11.6 Å². The van der Waals surface area contributed by atoms with Crippen molar-refractivity contribution >= 4 is 5.97 Å². The molecule has 0 aliphatic carbocycles. The summed E-state index contributed by atoms with van der Waals surface area (Å²) in [6.07, 6.45) is -10.5. The molecule has 2 aromatic rings. The first-order chi connectivity index (χ1) is 16.5. The average molecular weight is 499 g/mol. The van der Waals surface area contributed by atoms with Gasteiger partial charge in [0.05, 0.1) is 14.2 Å².